The van der Waals surface area contributed by atoms with Crippen LogP contribution in [0.15, 0.2) is 18.2 Å². The Kier molecular flexibility index (Phi) is 10.2. The number of ether oxygens (including phenoxy) is 2. The van der Waals surface area contributed by atoms with Gasteiger partial charge in [-0.1, -0.05) is 0 Å². The van der Waals surface area contributed by atoms with Crippen LogP contribution in [0.3, 0.4) is 0 Å². The molecule has 1 aromatic carbocycles. The molecule has 0 saturated carbocycles. The van der Waals surface area contributed by atoms with Crippen molar-refractivity contribution in [2.75, 3.05) is 40.4 Å². The molecule has 0 radical (unpaired) electrons. The molecule has 0 unspecified atom stereocenters. The highest BCUT2D eigenvalue weighted by Gasteiger charge is 2.21. The minimum absolute atomic E-state index is 0. The zero-order valence-corrected chi connectivity index (χ0v) is 17.3. The maximum absolute atomic E-state index is 12.3. The molecule has 1 aliphatic rings. The van der Waals surface area contributed by atoms with E-state index in [-0.39, 0.29) is 24.1 Å². The maximum atomic E-state index is 12.3. The predicted molar refractivity (Wildman–Crippen MR) is 108 cm³/mol. The van der Waals surface area contributed by atoms with Crippen LogP contribution in [0.4, 0.5) is 0 Å². The quantitative estimate of drug-likeness (QED) is 0.511. The topological polar surface area (TPSA) is 67.9 Å². The molecule has 1 fully saturated rings. The lowest BCUT2D eigenvalue weighted by molar-refractivity contribution is -0.132. The Hall–Kier alpha value is -1.79. The van der Waals surface area contributed by atoms with Gasteiger partial charge in [0.05, 0.1) is 13.7 Å². The summed E-state index contributed by atoms with van der Waals surface area (Å²) in [5.74, 6) is 2.00. The van der Waals surface area contributed by atoms with Crippen LogP contribution in [0.25, 0.3) is 0 Å². The average molecular weight is 399 g/mol. The van der Waals surface area contributed by atoms with E-state index in [4.69, 9.17) is 9.47 Å². The third kappa shape index (κ3) is 7.03. The van der Waals surface area contributed by atoms with Crippen LogP contribution in [0, 0.1) is 5.92 Å². The van der Waals surface area contributed by atoms with Crippen molar-refractivity contribution >= 4 is 24.1 Å². The first-order valence-corrected chi connectivity index (χ1v) is 9.29. The van der Waals surface area contributed by atoms with E-state index in [9.17, 15) is 9.59 Å². The van der Waals surface area contributed by atoms with E-state index in [0.717, 1.165) is 32.5 Å². The van der Waals surface area contributed by atoms with Crippen LogP contribution in [-0.4, -0.2) is 57.0 Å². The molecular formula is C20H31ClN2O4. The summed E-state index contributed by atoms with van der Waals surface area (Å²) in [5.41, 5.74) is 0.589. The van der Waals surface area contributed by atoms with Crippen LogP contribution < -0.4 is 14.8 Å². The molecule has 0 atom stereocenters. The molecule has 1 aromatic rings. The van der Waals surface area contributed by atoms with Gasteiger partial charge in [0, 0.05) is 25.1 Å². The number of nitrogens with zero attached hydrogens (tertiary/aromatic N) is 1. The van der Waals surface area contributed by atoms with Crippen molar-refractivity contribution in [1.29, 1.82) is 0 Å². The molecule has 0 aromatic heterocycles. The summed E-state index contributed by atoms with van der Waals surface area (Å²) >= 11 is 0. The fourth-order valence-electron chi connectivity index (χ4n) is 3.24. The molecule has 0 aliphatic carbocycles. The fourth-order valence-corrected chi connectivity index (χ4v) is 3.24. The summed E-state index contributed by atoms with van der Waals surface area (Å²) in [6.07, 6.45) is 3.29. The highest BCUT2D eigenvalue weighted by molar-refractivity contribution is 5.94. The summed E-state index contributed by atoms with van der Waals surface area (Å²) in [7, 11) is 3.52. The Labute approximate surface area is 168 Å². The van der Waals surface area contributed by atoms with Crippen molar-refractivity contribution in [3.8, 4) is 11.5 Å². The van der Waals surface area contributed by atoms with E-state index in [1.165, 1.54) is 6.92 Å². The van der Waals surface area contributed by atoms with Crippen LogP contribution in [0.5, 0.6) is 11.5 Å². The van der Waals surface area contributed by atoms with Gasteiger partial charge in [-0.3, -0.25) is 9.59 Å². The van der Waals surface area contributed by atoms with Crippen molar-refractivity contribution in [3.05, 3.63) is 23.8 Å². The number of halogens is 1. The van der Waals surface area contributed by atoms with Gasteiger partial charge in [0.25, 0.3) is 0 Å². The Morgan fingerprint density at radius 2 is 1.93 bits per heavy atom. The first kappa shape index (κ1) is 23.2. The SMILES string of the molecule is CNCC1CCN(C(=O)CCCOc2ccc(C(C)=O)cc2OC)CC1.Cl. The number of hydrogen-bond donors (Lipinski definition) is 1. The van der Waals surface area contributed by atoms with Crippen LogP contribution in [0.1, 0.15) is 43.0 Å². The number of ketones is 1. The number of piperidine rings is 1. The van der Waals surface area contributed by atoms with E-state index < -0.39 is 0 Å². The van der Waals surface area contributed by atoms with Crippen molar-refractivity contribution in [2.45, 2.75) is 32.6 Å². The molecule has 7 heteroatoms. The number of rotatable bonds is 9. The lowest BCUT2D eigenvalue weighted by Crippen LogP contribution is -2.40. The minimum atomic E-state index is -0.0149. The molecule has 1 N–H and O–H groups in total. The Bertz CT molecular complexity index is 616. The number of Topliss-reactive ketones (excluding diaryl/α,β-unsaturated/α-hetero) is 1. The number of hydrogen-bond acceptors (Lipinski definition) is 5. The molecule has 152 valence electrons. The van der Waals surface area contributed by atoms with Gasteiger partial charge < -0.3 is 19.7 Å². The van der Waals surface area contributed by atoms with E-state index >= 15 is 0 Å². The molecule has 6 nitrogen and oxygen atoms in total. The Balaban J connectivity index is 0.00000364. The lowest BCUT2D eigenvalue weighted by atomic mass is 9.96. The second-order valence-electron chi connectivity index (χ2n) is 6.76. The second-order valence-corrected chi connectivity index (χ2v) is 6.76. The maximum Gasteiger partial charge on any atom is 0.222 e. The van der Waals surface area contributed by atoms with Gasteiger partial charge in [0.2, 0.25) is 5.91 Å². The van der Waals surface area contributed by atoms with Crippen molar-refractivity contribution in [2.24, 2.45) is 5.92 Å². The first-order valence-electron chi connectivity index (χ1n) is 9.29. The highest BCUT2D eigenvalue weighted by atomic mass is 35.5. The minimum Gasteiger partial charge on any atom is -0.493 e. The number of amides is 1. The Morgan fingerprint density at radius 1 is 1.22 bits per heavy atom. The second kappa shape index (κ2) is 11.8. The number of benzene rings is 1. The summed E-state index contributed by atoms with van der Waals surface area (Å²) in [4.78, 5) is 25.7. The number of carbonyl (C=O) groups excluding carboxylic acids is 2. The molecular weight excluding hydrogens is 368 g/mol. The third-order valence-electron chi connectivity index (χ3n) is 4.82. The summed E-state index contributed by atoms with van der Waals surface area (Å²) < 4.78 is 11.0. The summed E-state index contributed by atoms with van der Waals surface area (Å²) in [6.45, 7) is 4.69. The van der Waals surface area contributed by atoms with Gasteiger partial charge in [-0.25, -0.2) is 0 Å². The molecule has 1 saturated heterocycles. The molecule has 0 spiro atoms. The van der Waals surface area contributed by atoms with Gasteiger partial charge in [-0.05, 0) is 63.9 Å². The Morgan fingerprint density at radius 3 is 2.52 bits per heavy atom. The van der Waals surface area contributed by atoms with Gasteiger partial charge in [-0.2, -0.15) is 0 Å². The van der Waals surface area contributed by atoms with E-state index in [1.54, 1.807) is 25.3 Å². The molecule has 1 amide bonds. The van der Waals surface area contributed by atoms with Crippen molar-refractivity contribution < 1.29 is 19.1 Å². The smallest absolute Gasteiger partial charge is 0.222 e. The van der Waals surface area contributed by atoms with E-state index in [1.807, 2.05) is 11.9 Å². The molecule has 1 heterocycles. The zero-order valence-electron chi connectivity index (χ0n) is 16.5. The van der Waals surface area contributed by atoms with Crippen LogP contribution >= 0.6 is 12.4 Å². The zero-order chi connectivity index (χ0) is 18.9. The first-order chi connectivity index (χ1) is 12.5. The van der Waals surface area contributed by atoms with E-state index in [0.29, 0.717) is 42.4 Å². The standard InChI is InChI=1S/C20H30N2O4.ClH/c1-15(23)17-6-7-18(19(13-17)25-3)26-12-4-5-20(24)22-10-8-16(9-11-22)14-21-2;/h6-7,13,16,21H,4-5,8-12,14H2,1-3H3;1H. The average Bonchev–Trinajstić information content (AvgIpc) is 2.65. The number of nitrogens with one attached hydrogen (secondary N) is 1. The normalized spacial score (nSPS) is 14.4. The van der Waals surface area contributed by atoms with Crippen molar-refractivity contribution in [1.82, 2.24) is 10.2 Å². The number of carbonyl (C=O) groups is 2. The van der Waals surface area contributed by atoms with Gasteiger partial charge in [0.15, 0.2) is 17.3 Å². The number of methoxy groups -OCH3 is 1. The third-order valence-corrected chi connectivity index (χ3v) is 4.82. The summed E-state index contributed by atoms with van der Waals surface area (Å²) in [5, 5.41) is 3.21. The van der Waals surface area contributed by atoms with Gasteiger partial charge in [-0.15, -0.1) is 12.4 Å². The van der Waals surface area contributed by atoms with Crippen molar-refractivity contribution in [3.63, 3.8) is 0 Å². The van der Waals surface area contributed by atoms with Gasteiger partial charge in [0.1, 0.15) is 0 Å². The molecule has 1 aliphatic heterocycles. The number of likely N-dealkylation sites (tertiary alicyclic amines) is 1. The lowest BCUT2D eigenvalue weighted by Gasteiger charge is -2.32. The molecule has 27 heavy (non-hydrogen) atoms. The molecule has 0 bridgehead atoms. The summed E-state index contributed by atoms with van der Waals surface area (Å²) in [6, 6.07) is 5.14. The fraction of sp³-hybridized carbons (Fsp3) is 0.600. The predicted octanol–water partition coefficient (Wildman–Crippen LogP) is 2.94. The largest absolute Gasteiger partial charge is 0.493 e. The monoisotopic (exact) mass is 398 g/mol. The highest BCUT2D eigenvalue weighted by Crippen LogP contribution is 2.28. The van der Waals surface area contributed by atoms with Crippen LogP contribution in [0.2, 0.25) is 0 Å². The van der Waals surface area contributed by atoms with Crippen LogP contribution in [-0.2, 0) is 4.79 Å². The molecule has 2 rings (SSSR count). The van der Waals surface area contributed by atoms with Gasteiger partial charge >= 0.3 is 0 Å². The van der Waals surface area contributed by atoms with E-state index in [2.05, 4.69) is 5.32 Å².